The van der Waals surface area contributed by atoms with Crippen LogP contribution in [0.15, 0.2) is 29.6 Å². The molecule has 0 atom stereocenters. The Balaban J connectivity index is 2.36. The van der Waals surface area contributed by atoms with Crippen LogP contribution in [0.4, 0.5) is 11.5 Å². The fourth-order valence-electron chi connectivity index (χ4n) is 1.57. The normalized spacial score (nSPS) is 11.3. The van der Waals surface area contributed by atoms with Crippen LogP contribution >= 0.6 is 0 Å². The van der Waals surface area contributed by atoms with Gasteiger partial charge in [-0.3, -0.25) is 4.72 Å². The highest BCUT2D eigenvalue weighted by Crippen LogP contribution is 2.23. The maximum absolute atomic E-state index is 12.2. The molecule has 102 valence electrons. The molecule has 2 N–H and O–H groups in total. The third kappa shape index (κ3) is 2.84. The lowest BCUT2D eigenvalue weighted by Gasteiger charge is -2.16. The van der Waals surface area contributed by atoms with Crippen molar-refractivity contribution in [3.8, 4) is 0 Å². The number of aromatic nitrogens is 3. The van der Waals surface area contributed by atoms with Crippen molar-refractivity contribution < 1.29 is 8.42 Å². The van der Waals surface area contributed by atoms with Crippen LogP contribution in [0.2, 0.25) is 0 Å². The first-order valence-corrected chi connectivity index (χ1v) is 7.05. The van der Waals surface area contributed by atoms with E-state index in [1.165, 1.54) is 6.20 Å². The first-order valence-electron chi connectivity index (χ1n) is 5.57. The van der Waals surface area contributed by atoms with Crippen LogP contribution in [0, 0.1) is 6.92 Å². The number of imidazole rings is 1. The monoisotopic (exact) mass is 281 g/mol. The second-order valence-corrected chi connectivity index (χ2v) is 5.86. The summed E-state index contributed by atoms with van der Waals surface area (Å²) in [6.45, 7) is 1.69. The molecule has 0 amide bonds. The van der Waals surface area contributed by atoms with Crippen molar-refractivity contribution in [1.82, 2.24) is 15.0 Å². The number of hydrogen-bond acceptors (Lipinski definition) is 5. The Hall–Kier alpha value is -2.09. The third-order valence-corrected chi connectivity index (χ3v) is 3.70. The molecule has 0 radical (unpaired) electrons. The lowest BCUT2D eigenvalue weighted by Crippen LogP contribution is -2.18. The van der Waals surface area contributed by atoms with E-state index in [-0.39, 0.29) is 5.03 Å². The van der Waals surface area contributed by atoms with Gasteiger partial charge in [0.05, 0.1) is 11.9 Å². The Morgan fingerprint density at radius 2 is 2.05 bits per heavy atom. The van der Waals surface area contributed by atoms with Gasteiger partial charge in [0, 0.05) is 20.3 Å². The number of H-pyrrole nitrogens is 1. The van der Waals surface area contributed by atoms with Crippen LogP contribution < -0.4 is 9.62 Å². The van der Waals surface area contributed by atoms with Gasteiger partial charge < -0.3 is 9.88 Å². The lowest BCUT2D eigenvalue weighted by molar-refractivity contribution is 0.598. The highest BCUT2D eigenvalue weighted by atomic mass is 32.2. The van der Waals surface area contributed by atoms with Crippen LogP contribution in [0.5, 0.6) is 0 Å². The summed E-state index contributed by atoms with van der Waals surface area (Å²) in [5.74, 6) is 1.08. The standard InChI is InChI=1S/C11H15N5O2S/c1-8-13-7-10(14-8)19(17,18)15-9-5-4-6-12-11(9)16(2)3/h4-7,15H,1-3H3,(H,13,14). The Morgan fingerprint density at radius 3 is 2.63 bits per heavy atom. The molecule has 2 aromatic heterocycles. The van der Waals surface area contributed by atoms with Crippen LogP contribution in [-0.2, 0) is 10.0 Å². The van der Waals surface area contributed by atoms with Gasteiger partial charge >= 0.3 is 0 Å². The number of aromatic amines is 1. The molecule has 2 heterocycles. The van der Waals surface area contributed by atoms with Gasteiger partial charge in [-0.25, -0.2) is 9.97 Å². The van der Waals surface area contributed by atoms with Gasteiger partial charge in [0.25, 0.3) is 10.0 Å². The van der Waals surface area contributed by atoms with E-state index in [0.29, 0.717) is 17.3 Å². The summed E-state index contributed by atoms with van der Waals surface area (Å²) in [6.07, 6.45) is 2.89. The van der Waals surface area contributed by atoms with Crippen molar-refractivity contribution in [3.05, 3.63) is 30.4 Å². The summed E-state index contributed by atoms with van der Waals surface area (Å²) in [4.78, 5) is 12.4. The van der Waals surface area contributed by atoms with Crippen LogP contribution in [0.25, 0.3) is 0 Å². The minimum absolute atomic E-state index is 0.0264. The molecule has 0 aliphatic heterocycles. The summed E-state index contributed by atoms with van der Waals surface area (Å²) in [7, 11) is -0.0990. The summed E-state index contributed by atoms with van der Waals surface area (Å²) < 4.78 is 26.8. The van der Waals surface area contributed by atoms with Gasteiger partial charge in [0.2, 0.25) is 0 Å². The molecule has 19 heavy (non-hydrogen) atoms. The van der Waals surface area contributed by atoms with Crippen LogP contribution in [-0.4, -0.2) is 37.5 Å². The third-order valence-electron chi connectivity index (χ3n) is 2.42. The zero-order chi connectivity index (χ0) is 14.0. The lowest BCUT2D eigenvalue weighted by atomic mass is 10.4. The molecule has 0 aromatic carbocycles. The second kappa shape index (κ2) is 4.88. The number of nitrogens with zero attached hydrogens (tertiary/aromatic N) is 3. The summed E-state index contributed by atoms with van der Waals surface area (Å²) in [5.41, 5.74) is 0.416. The second-order valence-electron chi connectivity index (χ2n) is 4.21. The fraction of sp³-hybridized carbons (Fsp3) is 0.273. The molecule has 8 heteroatoms. The van der Waals surface area contributed by atoms with E-state index in [2.05, 4.69) is 19.7 Å². The molecule has 0 saturated heterocycles. The molecule has 0 fully saturated rings. The first kappa shape index (κ1) is 13.3. The molecule has 0 bridgehead atoms. The van der Waals surface area contributed by atoms with E-state index in [4.69, 9.17) is 0 Å². The SMILES string of the molecule is Cc1ncc(S(=O)(=O)Nc2cccnc2N(C)C)[nH]1. The zero-order valence-electron chi connectivity index (χ0n) is 10.9. The van der Waals surface area contributed by atoms with E-state index in [1.54, 1.807) is 44.2 Å². The fourth-order valence-corrected chi connectivity index (χ4v) is 2.60. The number of nitrogens with one attached hydrogen (secondary N) is 2. The van der Waals surface area contributed by atoms with Gasteiger partial charge in [-0.15, -0.1) is 0 Å². The van der Waals surface area contributed by atoms with Crippen molar-refractivity contribution in [2.45, 2.75) is 11.9 Å². The molecular weight excluding hydrogens is 266 g/mol. The van der Waals surface area contributed by atoms with E-state index >= 15 is 0 Å². The largest absolute Gasteiger partial charge is 0.361 e. The number of sulfonamides is 1. The molecule has 7 nitrogen and oxygen atoms in total. The minimum atomic E-state index is -3.68. The van der Waals surface area contributed by atoms with Crippen LogP contribution in [0.1, 0.15) is 5.82 Å². The van der Waals surface area contributed by atoms with Crippen molar-refractivity contribution in [3.63, 3.8) is 0 Å². The van der Waals surface area contributed by atoms with Gasteiger partial charge in [0.1, 0.15) is 5.82 Å². The zero-order valence-corrected chi connectivity index (χ0v) is 11.7. The minimum Gasteiger partial charge on any atom is -0.361 e. The predicted molar refractivity (Wildman–Crippen MR) is 72.7 cm³/mol. The Bertz CT molecular complexity index is 678. The average Bonchev–Trinajstić information content (AvgIpc) is 2.76. The molecule has 0 aliphatic rings. The smallest absolute Gasteiger partial charge is 0.279 e. The van der Waals surface area contributed by atoms with E-state index in [9.17, 15) is 8.42 Å². The number of aryl methyl sites for hydroxylation is 1. The maximum Gasteiger partial charge on any atom is 0.279 e. The van der Waals surface area contributed by atoms with Gasteiger partial charge in [0.15, 0.2) is 10.8 Å². The van der Waals surface area contributed by atoms with E-state index < -0.39 is 10.0 Å². The molecule has 0 unspecified atom stereocenters. The summed E-state index contributed by atoms with van der Waals surface area (Å²) in [6, 6.07) is 3.33. The number of rotatable bonds is 4. The molecule has 0 aliphatic carbocycles. The number of anilines is 2. The van der Waals surface area contributed by atoms with E-state index in [0.717, 1.165) is 0 Å². The first-order chi connectivity index (χ1) is 8.90. The van der Waals surface area contributed by atoms with E-state index in [1.807, 2.05) is 0 Å². The van der Waals surface area contributed by atoms with Crippen LogP contribution in [0.3, 0.4) is 0 Å². The van der Waals surface area contributed by atoms with Crippen molar-refractivity contribution in [2.75, 3.05) is 23.7 Å². The van der Waals surface area contributed by atoms with Crippen molar-refractivity contribution >= 4 is 21.5 Å². The number of hydrogen-bond donors (Lipinski definition) is 2. The predicted octanol–water partition coefficient (Wildman–Crippen LogP) is 0.980. The summed E-state index contributed by atoms with van der Waals surface area (Å²) >= 11 is 0. The highest BCUT2D eigenvalue weighted by molar-refractivity contribution is 7.92. The van der Waals surface area contributed by atoms with Gasteiger partial charge in [-0.2, -0.15) is 8.42 Å². The molecule has 0 spiro atoms. The Morgan fingerprint density at radius 1 is 1.32 bits per heavy atom. The topological polar surface area (TPSA) is 91.0 Å². The Labute approximate surface area is 111 Å². The summed E-state index contributed by atoms with van der Waals surface area (Å²) in [5, 5.41) is 0.0264. The average molecular weight is 281 g/mol. The van der Waals surface area contributed by atoms with Gasteiger partial charge in [-0.1, -0.05) is 0 Å². The van der Waals surface area contributed by atoms with Crippen molar-refractivity contribution in [2.24, 2.45) is 0 Å². The molecule has 0 saturated carbocycles. The maximum atomic E-state index is 12.2. The molecule has 2 rings (SSSR count). The highest BCUT2D eigenvalue weighted by Gasteiger charge is 2.19. The molecular formula is C11H15N5O2S. The van der Waals surface area contributed by atoms with Gasteiger partial charge in [-0.05, 0) is 19.1 Å². The molecule has 2 aromatic rings. The quantitative estimate of drug-likeness (QED) is 0.871. The Kier molecular flexibility index (Phi) is 3.43. The number of pyridine rings is 1. The van der Waals surface area contributed by atoms with Crippen molar-refractivity contribution in [1.29, 1.82) is 0 Å².